The number of ether oxygens (including phenoxy) is 1. The monoisotopic (exact) mass is 538 g/mol. The lowest BCUT2D eigenvalue weighted by Crippen LogP contribution is -2.40. The SMILES string of the molecule is Cc1cc(Cl)ccc1OC(C)C(=O)NCCNC(=O)c1nc(Cn2nc(C)c(Br)c2C)no1. The average molecular weight is 540 g/mol. The van der Waals surface area contributed by atoms with Crippen molar-refractivity contribution in [1.82, 2.24) is 30.6 Å². The smallest absolute Gasteiger partial charge is 0.316 e. The third kappa shape index (κ3) is 6.32. The molecule has 0 aliphatic rings. The van der Waals surface area contributed by atoms with E-state index in [0.29, 0.717) is 16.6 Å². The highest BCUT2D eigenvalue weighted by Crippen LogP contribution is 2.23. The van der Waals surface area contributed by atoms with Gasteiger partial charge in [0.25, 0.3) is 5.91 Å². The van der Waals surface area contributed by atoms with Crippen molar-refractivity contribution >= 4 is 39.3 Å². The molecule has 0 bridgehead atoms. The van der Waals surface area contributed by atoms with E-state index in [-0.39, 0.29) is 31.4 Å². The summed E-state index contributed by atoms with van der Waals surface area (Å²) in [5.41, 5.74) is 2.60. The Kier molecular flexibility index (Phi) is 8.09. The molecule has 0 fully saturated rings. The molecule has 1 aromatic carbocycles. The number of hydrogen-bond donors (Lipinski definition) is 2. The Morgan fingerprint density at radius 2 is 1.97 bits per heavy atom. The Labute approximate surface area is 204 Å². The molecule has 2 heterocycles. The molecule has 0 aliphatic carbocycles. The van der Waals surface area contributed by atoms with E-state index < -0.39 is 12.0 Å². The predicted molar refractivity (Wildman–Crippen MR) is 124 cm³/mol. The van der Waals surface area contributed by atoms with Crippen LogP contribution in [0.1, 0.15) is 40.4 Å². The van der Waals surface area contributed by atoms with Crippen LogP contribution in [0.15, 0.2) is 27.2 Å². The maximum atomic E-state index is 12.2. The van der Waals surface area contributed by atoms with Crippen LogP contribution in [0.2, 0.25) is 5.02 Å². The summed E-state index contributed by atoms with van der Waals surface area (Å²) in [4.78, 5) is 28.6. The van der Waals surface area contributed by atoms with Gasteiger partial charge in [0, 0.05) is 18.1 Å². The molecule has 2 amide bonds. The zero-order valence-corrected chi connectivity index (χ0v) is 21.0. The van der Waals surface area contributed by atoms with Gasteiger partial charge < -0.3 is 19.9 Å². The van der Waals surface area contributed by atoms with E-state index >= 15 is 0 Å². The van der Waals surface area contributed by atoms with Crippen molar-refractivity contribution in [2.75, 3.05) is 13.1 Å². The van der Waals surface area contributed by atoms with Crippen molar-refractivity contribution in [3.05, 3.63) is 56.4 Å². The second-order valence-corrected chi connectivity index (χ2v) is 8.60. The van der Waals surface area contributed by atoms with Gasteiger partial charge in [-0.3, -0.25) is 14.3 Å². The van der Waals surface area contributed by atoms with E-state index in [1.165, 1.54) is 0 Å². The van der Waals surface area contributed by atoms with Crippen molar-refractivity contribution in [3.63, 3.8) is 0 Å². The maximum absolute atomic E-state index is 12.2. The van der Waals surface area contributed by atoms with Crippen LogP contribution in [0.5, 0.6) is 5.75 Å². The van der Waals surface area contributed by atoms with Crippen LogP contribution >= 0.6 is 27.5 Å². The quantitative estimate of drug-likeness (QED) is 0.401. The summed E-state index contributed by atoms with van der Waals surface area (Å²) < 4.78 is 13.3. The topological polar surface area (TPSA) is 124 Å². The third-order valence-corrected chi connectivity index (χ3v) is 6.15. The fourth-order valence-corrected chi connectivity index (χ4v) is 3.45. The molecule has 0 saturated heterocycles. The molecule has 2 aromatic heterocycles. The normalized spacial score (nSPS) is 11.8. The summed E-state index contributed by atoms with van der Waals surface area (Å²) in [5, 5.41) is 14.1. The van der Waals surface area contributed by atoms with Gasteiger partial charge in [-0.25, -0.2) is 0 Å². The maximum Gasteiger partial charge on any atom is 0.316 e. The van der Waals surface area contributed by atoms with E-state index in [0.717, 1.165) is 21.4 Å². The molecule has 0 radical (unpaired) electrons. The van der Waals surface area contributed by atoms with E-state index in [4.69, 9.17) is 20.9 Å². The van der Waals surface area contributed by atoms with Crippen LogP contribution in [-0.4, -0.2) is 50.9 Å². The number of halogens is 2. The van der Waals surface area contributed by atoms with Crippen LogP contribution in [0.4, 0.5) is 0 Å². The van der Waals surface area contributed by atoms with E-state index in [2.05, 4.69) is 41.8 Å². The number of nitrogens with one attached hydrogen (secondary N) is 2. The molecule has 10 nitrogen and oxygen atoms in total. The average Bonchev–Trinajstić information content (AvgIpc) is 3.33. The molecule has 3 aromatic rings. The molecule has 12 heteroatoms. The number of nitrogens with zero attached hydrogens (tertiary/aromatic N) is 4. The fraction of sp³-hybridized carbons (Fsp3) is 0.381. The van der Waals surface area contributed by atoms with Crippen molar-refractivity contribution in [2.24, 2.45) is 0 Å². The lowest BCUT2D eigenvalue weighted by molar-refractivity contribution is -0.127. The highest BCUT2D eigenvalue weighted by molar-refractivity contribution is 9.10. The van der Waals surface area contributed by atoms with E-state index in [1.807, 2.05) is 20.8 Å². The van der Waals surface area contributed by atoms with Crippen LogP contribution in [-0.2, 0) is 11.3 Å². The summed E-state index contributed by atoms with van der Waals surface area (Å²) >= 11 is 9.39. The fourth-order valence-electron chi connectivity index (χ4n) is 2.94. The van der Waals surface area contributed by atoms with Crippen LogP contribution in [0, 0.1) is 20.8 Å². The molecular formula is C21H24BrClN6O4. The third-order valence-electron chi connectivity index (χ3n) is 4.77. The Bertz CT molecular complexity index is 1160. The second kappa shape index (κ2) is 10.8. The predicted octanol–water partition coefficient (Wildman–Crippen LogP) is 2.97. The summed E-state index contributed by atoms with van der Waals surface area (Å²) in [6, 6.07) is 5.17. The Hall–Kier alpha value is -2.92. The van der Waals surface area contributed by atoms with Gasteiger partial charge in [-0.1, -0.05) is 16.8 Å². The number of carbonyl (C=O) groups is 2. The lowest BCUT2D eigenvalue weighted by atomic mass is 10.2. The minimum absolute atomic E-state index is 0.160. The largest absolute Gasteiger partial charge is 0.481 e. The van der Waals surface area contributed by atoms with Gasteiger partial charge in [-0.05, 0) is 67.4 Å². The first-order valence-corrected chi connectivity index (χ1v) is 11.3. The molecule has 0 saturated carbocycles. The Balaban J connectivity index is 1.43. The van der Waals surface area contributed by atoms with Gasteiger partial charge in [0.05, 0.1) is 15.9 Å². The van der Waals surface area contributed by atoms with Gasteiger partial charge in [0.15, 0.2) is 11.9 Å². The molecule has 2 N–H and O–H groups in total. The van der Waals surface area contributed by atoms with E-state index in [1.54, 1.807) is 29.8 Å². The minimum Gasteiger partial charge on any atom is -0.481 e. The minimum atomic E-state index is -0.714. The number of rotatable bonds is 9. The summed E-state index contributed by atoms with van der Waals surface area (Å²) in [6.45, 7) is 7.94. The molecular weight excluding hydrogens is 516 g/mol. The van der Waals surface area contributed by atoms with Gasteiger partial charge in [-0.2, -0.15) is 10.1 Å². The first-order valence-electron chi connectivity index (χ1n) is 10.2. The first kappa shape index (κ1) is 24.7. The van der Waals surface area contributed by atoms with Gasteiger partial charge in [-0.15, -0.1) is 0 Å². The number of aromatic nitrogens is 4. The van der Waals surface area contributed by atoms with Crippen molar-refractivity contribution < 1.29 is 18.8 Å². The number of benzene rings is 1. The van der Waals surface area contributed by atoms with Gasteiger partial charge >= 0.3 is 11.8 Å². The Morgan fingerprint density at radius 3 is 2.64 bits per heavy atom. The first-order chi connectivity index (χ1) is 15.7. The molecule has 176 valence electrons. The second-order valence-electron chi connectivity index (χ2n) is 7.38. The van der Waals surface area contributed by atoms with Crippen LogP contribution < -0.4 is 15.4 Å². The zero-order chi connectivity index (χ0) is 24.1. The Morgan fingerprint density at radius 1 is 1.24 bits per heavy atom. The molecule has 1 unspecified atom stereocenters. The highest BCUT2D eigenvalue weighted by Gasteiger charge is 2.18. The molecule has 0 spiro atoms. The standard InChI is InChI=1S/C21H24BrClN6O4/c1-11-9-15(23)5-6-16(11)32-14(4)19(30)24-7-8-25-20(31)21-26-17(28-33-21)10-29-13(3)18(22)12(2)27-29/h5-6,9,14H,7-8,10H2,1-4H3,(H,24,30)(H,25,31). The van der Waals surface area contributed by atoms with Gasteiger partial charge in [0.2, 0.25) is 0 Å². The zero-order valence-electron chi connectivity index (χ0n) is 18.6. The summed E-state index contributed by atoms with van der Waals surface area (Å²) in [7, 11) is 0. The van der Waals surface area contributed by atoms with E-state index in [9.17, 15) is 9.59 Å². The number of amides is 2. The lowest BCUT2D eigenvalue weighted by Gasteiger charge is -2.16. The number of hydrogen-bond acceptors (Lipinski definition) is 7. The van der Waals surface area contributed by atoms with Crippen molar-refractivity contribution in [1.29, 1.82) is 0 Å². The van der Waals surface area contributed by atoms with Crippen LogP contribution in [0.3, 0.4) is 0 Å². The molecule has 33 heavy (non-hydrogen) atoms. The van der Waals surface area contributed by atoms with Crippen molar-refractivity contribution in [3.8, 4) is 5.75 Å². The molecule has 1 atom stereocenters. The highest BCUT2D eigenvalue weighted by atomic mass is 79.9. The number of aryl methyl sites for hydroxylation is 2. The van der Waals surface area contributed by atoms with Crippen LogP contribution in [0.25, 0.3) is 0 Å². The molecule has 0 aliphatic heterocycles. The molecule has 3 rings (SSSR count). The van der Waals surface area contributed by atoms with Gasteiger partial charge in [0.1, 0.15) is 12.3 Å². The summed E-state index contributed by atoms with van der Waals surface area (Å²) in [6.07, 6.45) is -0.714. The van der Waals surface area contributed by atoms with Crippen molar-refractivity contribution in [2.45, 2.75) is 40.3 Å². The summed E-state index contributed by atoms with van der Waals surface area (Å²) in [5.74, 6) is -0.0920. The number of carbonyl (C=O) groups excluding carboxylic acids is 2.